The molecular formula is H7AlBSiY. The van der Waals surface area contributed by atoms with E-state index < -0.39 is 0 Å². The summed E-state index contributed by atoms with van der Waals surface area (Å²) in [6, 6.07) is 0. The Morgan fingerprint density at radius 2 is 1.00 bits per heavy atom. The molecule has 0 aliphatic rings. The molecule has 0 heterocycles. The van der Waals surface area contributed by atoms with Crippen LogP contribution in [-0.2, 0) is 32.7 Å². The van der Waals surface area contributed by atoms with Crippen molar-refractivity contribution < 1.29 is 32.7 Å². The van der Waals surface area contributed by atoms with Crippen LogP contribution >= 0.6 is 0 Å². The molecule has 0 saturated carbocycles. The summed E-state index contributed by atoms with van der Waals surface area (Å²) in [5, 5.41) is 0. The first kappa shape index (κ1) is 38.9. The topological polar surface area (TPSA) is 0 Å². The quantitative estimate of drug-likeness (QED) is 0.332. The van der Waals surface area contributed by atoms with E-state index in [1.807, 2.05) is 0 Å². The van der Waals surface area contributed by atoms with Gasteiger partial charge in [0.1, 0.15) is 0 Å². The molecule has 0 rings (SSSR count). The molecular weight excluding hydrogens is 155 g/mol. The minimum Gasteiger partial charge on any atom is -0.0149 e. The molecule has 0 spiro atoms. The third-order valence-electron chi connectivity index (χ3n) is 0. The van der Waals surface area contributed by atoms with Gasteiger partial charge in [0.25, 0.3) is 0 Å². The number of hydrogen-bond acceptors (Lipinski definition) is 0. The summed E-state index contributed by atoms with van der Waals surface area (Å²) < 4.78 is 0. The van der Waals surface area contributed by atoms with Crippen molar-refractivity contribution in [3.8, 4) is 0 Å². The second-order valence-corrected chi connectivity index (χ2v) is 0. The van der Waals surface area contributed by atoms with E-state index in [0.717, 1.165) is 0 Å². The fourth-order valence-electron chi connectivity index (χ4n) is 0. The van der Waals surface area contributed by atoms with Crippen LogP contribution in [0.25, 0.3) is 0 Å². The maximum atomic E-state index is 0. The molecule has 0 saturated heterocycles. The Balaban J connectivity index is 0. The van der Waals surface area contributed by atoms with Crippen LogP contribution in [0.3, 0.4) is 0 Å². The van der Waals surface area contributed by atoms with Gasteiger partial charge < -0.3 is 0 Å². The van der Waals surface area contributed by atoms with Gasteiger partial charge in [-0.05, 0) is 11.0 Å². The largest absolute Gasteiger partial charge is 0.187 e. The van der Waals surface area contributed by atoms with Crippen LogP contribution in [0.2, 0.25) is 0 Å². The molecule has 0 amide bonds. The summed E-state index contributed by atoms with van der Waals surface area (Å²) in [6.45, 7) is 0. The first-order valence-corrected chi connectivity index (χ1v) is 0. The fraction of sp³-hybridized carbons (Fsp3) is 0. The van der Waals surface area contributed by atoms with Crippen LogP contribution in [0.4, 0.5) is 0 Å². The van der Waals surface area contributed by atoms with Crippen LogP contribution in [0, 0.1) is 0 Å². The molecule has 4 heteroatoms. The van der Waals surface area contributed by atoms with Crippen LogP contribution < -0.4 is 0 Å². The maximum Gasteiger partial charge on any atom is 0.187 e. The average Bonchev–Trinajstić information content (AvgIpc) is 0. The van der Waals surface area contributed by atoms with Crippen LogP contribution in [0.1, 0.15) is 0 Å². The molecule has 20 valence electrons. The van der Waals surface area contributed by atoms with Crippen molar-refractivity contribution in [2.24, 2.45) is 0 Å². The first-order valence-electron chi connectivity index (χ1n) is 0. The predicted octanol–water partition coefficient (Wildman–Crippen LogP) is -3.02. The van der Waals surface area contributed by atoms with E-state index in [9.17, 15) is 0 Å². The third kappa shape index (κ3) is 9.07. The fourth-order valence-corrected chi connectivity index (χ4v) is 0. The zero-order valence-electron chi connectivity index (χ0n) is 1.15. The average molecular weight is 162 g/mol. The molecule has 0 bridgehead atoms. The molecule has 0 aliphatic carbocycles. The Morgan fingerprint density at radius 1 is 1.00 bits per heavy atom. The van der Waals surface area contributed by atoms with Gasteiger partial charge in [0.05, 0.1) is 0 Å². The van der Waals surface area contributed by atoms with Gasteiger partial charge >= 0.3 is 0 Å². The van der Waals surface area contributed by atoms with E-state index in [2.05, 4.69) is 0 Å². The molecule has 0 nitrogen and oxygen atoms in total. The van der Waals surface area contributed by atoms with E-state index in [4.69, 9.17) is 0 Å². The van der Waals surface area contributed by atoms with Crippen molar-refractivity contribution >= 4 is 36.7 Å². The van der Waals surface area contributed by atoms with Crippen molar-refractivity contribution in [2.75, 3.05) is 0 Å². The number of hydrogen-bond donors (Lipinski definition) is 0. The molecule has 0 N–H and O–H groups in total. The normalized spacial score (nSPS) is 0. The summed E-state index contributed by atoms with van der Waals surface area (Å²) in [4.78, 5) is 0. The third-order valence-corrected chi connectivity index (χ3v) is 0. The zero-order chi connectivity index (χ0) is 0. The number of rotatable bonds is 0. The second-order valence-electron chi connectivity index (χ2n) is 0. The molecule has 4 radical (unpaired) electrons. The smallest absolute Gasteiger partial charge is 0.0149 e. The van der Waals surface area contributed by atoms with Crippen molar-refractivity contribution in [1.82, 2.24) is 0 Å². The maximum absolute atomic E-state index is 0. The Bertz CT molecular complexity index is 8.00. The molecule has 0 aromatic heterocycles. The molecule has 0 aromatic carbocycles. The van der Waals surface area contributed by atoms with E-state index in [-0.39, 0.29) is 69.4 Å². The van der Waals surface area contributed by atoms with Crippen molar-refractivity contribution in [3.05, 3.63) is 0 Å². The van der Waals surface area contributed by atoms with Gasteiger partial charge in [-0.1, -0.05) is 0 Å². The molecule has 0 fully saturated rings. The van der Waals surface area contributed by atoms with Crippen molar-refractivity contribution in [2.45, 2.75) is 0 Å². The molecule has 0 aliphatic heterocycles. The Kier molecular flexibility index (Phi) is 200. The Labute approximate surface area is 68.7 Å². The van der Waals surface area contributed by atoms with Crippen LogP contribution in [0.15, 0.2) is 0 Å². The van der Waals surface area contributed by atoms with Gasteiger partial charge in [-0.15, -0.1) is 0 Å². The molecule has 0 unspecified atom stereocenters. The zero-order valence-corrected chi connectivity index (χ0v) is 3.99. The Morgan fingerprint density at radius 3 is 1.00 bits per heavy atom. The van der Waals surface area contributed by atoms with Gasteiger partial charge in [-0.3, -0.25) is 0 Å². The monoisotopic (exact) mass is 162 g/mol. The van der Waals surface area contributed by atoms with Crippen LogP contribution in [0.5, 0.6) is 0 Å². The minimum absolute atomic E-state index is 0. The molecule has 0 aromatic rings. The summed E-state index contributed by atoms with van der Waals surface area (Å²) in [5.41, 5.74) is 0. The summed E-state index contributed by atoms with van der Waals surface area (Å²) >= 11 is 0. The summed E-state index contributed by atoms with van der Waals surface area (Å²) in [7, 11) is 0. The second kappa shape index (κ2) is 20.5. The van der Waals surface area contributed by atoms with E-state index in [0.29, 0.717) is 0 Å². The molecule has 4 heavy (non-hydrogen) atoms. The summed E-state index contributed by atoms with van der Waals surface area (Å²) in [6.07, 6.45) is 0. The van der Waals surface area contributed by atoms with Gasteiger partial charge in [-0.2, -0.15) is 0 Å². The summed E-state index contributed by atoms with van der Waals surface area (Å²) in [5.74, 6) is 0. The van der Waals surface area contributed by atoms with Crippen LogP contribution in [-0.4, -0.2) is 36.7 Å². The SMILES string of the molecule is [AlH3].[B].[SiH4].[Y]. The first-order chi connectivity index (χ1) is 0. The van der Waals surface area contributed by atoms with Gasteiger partial charge in [0.2, 0.25) is 0 Å². The van der Waals surface area contributed by atoms with Crippen molar-refractivity contribution in [3.63, 3.8) is 0 Å². The van der Waals surface area contributed by atoms with E-state index >= 15 is 0 Å². The Hall–Kier alpha value is 1.92. The van der Waals surface area contributed by atoms with E-state index in [1.165, 1.54) is 0 Å². The standard InChI is InChI=1S/Al.B.H4Si.Y.3H/h;;1H4;;;;. The van der Waals surface area contributed by atoms with Crippen molar-refractivity contribution in [1.29, 1.82) is 0 Å². The van der Waals surface area contributed by atoms with Gasteiger partial charge in [0.15, 0.2) is 17.4 Å². The predicted molar refractivity (Wildman–Crippen MR) is 27.0 cm³/mol. The van der Waals surface area contributed by atoms with E-state index in [1.54, 1.807) is 0 Å². The minimum atomic E-state index is 0. The van der Waals surface area contributed by atoms with Gasteiger partial charge in [0, 0.05) is 41.1 Å². The molecule has 0 atom stereocenters. The van der Waals surface area contributed by atoms with Gasteiger partial charge in [-0.25, -0.2) is 0 Å².